The third-order valence-electron chi connectivity index (χ3n) is 0.884. The summed E-state index contributed by atoms with van der Waals surface area (Å²) in [5.41, 5.74) is 0. The zero-order valence-electron chi connectivity index (χ0n) is 5.45. The Morgan fingerprint density at radius 1 is 1.36 bits per heavy atom. The molecule has 0 saturated carbocycles. The first-order valence-corrected chi connectivity index (χ1v) is 3.08. The fourth-order valence-corrected chi connectivity index (χ4v) is 0.474. The van der Waals surface area contributed by atoms with Crippen molar-refractivity contribution in [1.29, 1.82) is 0 Å². The fourth-order valence-electron chi connectivity index (χ4n) is 0.379. The molecule has 11 heavy (non-hydrogen) atoms. The zero-order valence-corrected chi connectivity index (χ0v) is 6.21. The van der Waals surface area contributed by atoms with Gasteiger partial charge in [0.25, 0.3) is 0 Å². The van der Waals surface area contributed by atoms with Gasteiger partial charge in [0, 0.05) is 6.42 Å². The monoisotopic (exact) mass is 179 g/mol. The van der Waals surface area contributed by atoms with Crippen molar-refractivity contribution in [2.45, 2.75) is 12.8 Å². The maximum absolute atomic E-state index is 10.6. The first kappa shape index (κ1) is 9.90. The Morgan fingerprint density at radius 3 is 2.27 bits per heavy atom. The minimum atomic E-state index is -1.10. The van der Waals surface area contributed by atoms with Gasteiger partial charge in [0.15, 0.2) is 5.78 Å². The molecule has 0 aromatic carbocycles. The highest BCUT2D eigenvalue weighted by Gasteiger charge is 2.10. The van der Waals surface area contributed by atoms with Gasteiger partial charge in [0.2, 0.25) is 5.17 Å². The lowest BCUT2D eigenvalue weighted by molar-refractivity contribution is -0.138. The van der Waals surface area contributed by atoms with Crippen LogP contribution < -0.4 is 0 Å². The van der Waals surface area contributed by atoms with Crippen LogP contribution in [0.4, 0.5) is 0 Å². The number of rotatable bonds is 4. The van der Waals surface area contributed by atoms with E-state index in [1.165, 1.54) is 0 Å². The summed E-state index contributed by atoms with van der Waals surface area (Å²) in [5, 5.41) is 17.9. The van der Waals surface area contributed by atoms with Gasteiger partial charge < -0.3 is 10.3 Å². The van der Waals surface area contributed by atoms with Crippen molar-refractivity contribution < 1.29 is 19.9 Å². The van der Waals surface area contributed by atoms with Crippen LogP contribution in [-0.2, 0) is 9.59 Å². The average Bonchev–Trinajstić information content (AvgIpc) is 1.98. The summed E-state index contributed by atoms with van der Waals surface area (Å²) in [6.07, 6.45) is -0.567. The number of halogens is 1. The van der Waals surface area contributed by atoms with Crippen molar-refractivity contribution in [2.24, 2.45) is 5.16 Å². The summed E-state index contributed by atoms with van der Waals surface area (Å²) in [6.45, 7) is 0. The Kier molecular flexibility index (Phi) is 4.21. The largest absolute Gasteiger partial charge is 0.481 e. The summed E-state index contributed by atoms with van der Waals surface area (Å²) >= 11 is 5.06. The van der Waals surface area contributed by atoms with Crippen LogP contribution in [0, 0.1) is 0 Å². The molecule has 0 radical (unpaired) electrons. The van der Waals surface area contributed by atoms with E-state index >= 15 is 0 Å². The number of carboxylic acids is 1. The summed E-state index contributed by atoms with van der Waals surface area (Å²) in [7, 11) is 0. The Hall–Kier alpha value is -1.10. The third-order valence-corrected chi connectivity index (χ3v) is 1.17. The molecule has 0 rings (SSSR count). The molecule has 0 fully saturated rings. The lowest BCUT2D eigenvalue weighted by Crippen LogP contribution is -2.09. The van der Waals surface area contributed by atoms with Crippen LogP contribution in [0.25, 0.3) is 0 Å². The van der Waals surface area contributed by atoms with Crippen molar-refractivity contribution in [3.8, 4) is 0 Å². The van der Waals surface area contributed by atoms with Crippen LogP contribution in [0.1, 0.15) is 12.8 Å². The van der Waals surface area contributed by atoms with E-state index in [1.807, 2.05) is 0 Å². The molecular weight excluding hydrogens is 174 g/mol. The normalized spacial score (nSPS) is 11.2. The maximum atomic E-state index is 10.6. The highest BCUT2D eigenvalue weighted by molar-refractivity contribution is 6.83. The number of carbonyl (C=O) groups is 2. The SMILES string of the molecule is O=C(O)CCC(=O)C(Cl)=NO. The van der Waals surface area contributed by atoms with Gasteiger partial charge in [-0.1, -0.05) is 16.8 Å². The summed E-state index contributed by atoms with van der Waals surface area (Å²) in [4.78, 5) is 20.5. The molecule has 0 spiro atoms. The number of carbonyl (C=O) groups excluding carboxylic acids is 1. The number of aliphatic carboxylic acids is 1. The standard InChI is InChI=1S/C5H6ClNO4/c6-5(7-11)3(8)1-2-4(9)10/h11H,1-2H2,(H,9,10). The Balaban J connectivity index is 3.80. The van der Waals surface area contributed by atoms with E-state index in [0.29, 0.717) is 0 Å². The topological polar surface area (TPSA) is 87.0 Å². The van der Waals surface area contributed by atoms with Gasteiger partial charge >= 0.3 is 5.97 Å². The molecule has 0 unspecified atom stereocenters. The van der Waals surface area contributed by atoms with Crippen molar-refractivity contribution >= 4 is 28.5 Å². The molecular formula is C5H6ClNO4. The molecule has 62 valence electrons. The van der Waals surface area contributed by atoms with Crippen molar-refractivity contribution in [1.82, 2.24) is 0 Å². The number of hydrogen-bond donors (Lipinski definition) is 2. The van der Waals surface area contributed by atoms with Crippen LogP contribution in [-0.4, -0.2) is 27.2 Å². The van der Waals surface area contributed by atoms with Gasteiger partial charge in [0.05, 0.1) is 6.42 Å². The van der Waals surface area contributed by atoms with Gasteiger partial charge in [-0.3, -0.25) is 9.59 Å². The van der Waals surface area contributed by atoms with Crippen LogP contribution in [0.3, 0.4) is 0 Å². The number of Topliss-reactive ketones (excluding diaryl/α,β-unsaturated/α-hetero) is 1. The van der Waals surface area contributed by atoms with Crippen molar-refractivity contribution in [2.75, 3.05) is 0 Å². The van der Waals surface area contributed by atoms with Crippen LogP contribution in [0.5, 0.6) is 0 Å². The Labute approximate surface area is 67.3 Å². The quantitative estimate of drug-likeness (QED) is 0.373. The highest BCUT2D eigenvalue weighted by Crippen LogP contribution is 1.96. The van der Waals surface area contributed by atoms with E-state index in [0.717, 1.165) is 0 Å². The molecule has 0 aromatic rings. The van der Waals surface area contributed by atoms with Gasteiger partial charge in [-0.25, -0.2) is 0 Å². The molecule has 5 nitrogen and oxygen atoms in total. The summed E-state index contributed by atoms with van der Waals surface area (Å²) in [6, 6.07) is 0. The average molecular weight is 180 g/mol. The molecule has 6 heteroatoms. The number of nitrogens with zero attached hydrogens (tertiary/aromatic N) is 1. The number of oxime groups is 1. The van der Waals surface area contributed by atoms with Crippen molar-refractivity contribution in [3.05, 3.63) is 0 Å². The van der Waals surface area contributed by atoms with Crippen LogP contribution >= 0.6 is 11.6 Å². The van der Waals surface area contributed by atoms with E-state index < -0.39 is 16.9 Å². The maximum Gasteiger partial charge on any atom is 0.303 e. The molecule has 0 aliphatic carbocycles. The lowest BCUT2D eigenvalue weighted by Gasteiger charge is -1.91. The lowest BCUT2D eigenvalue weighted by atomic mass is 10.2. The Bertz CT molecular complexity index is 201. The minimum absolute atomic E-state index is 0.252. The van der Waals surface area contributed by atoms with E-state index in [-0.39, 0.29) is 12.8 Å². The smallest absolute Gasteiger partial charge is 0.303 e. The third kappa shape index (κ3) is 4.32. The molecule has 2 N–H and O–H groups in total. The number of hydrogen-bond acceptors (Lipinski definition) is 4. The zero-order chi connectivity index (χ0) is 8.85. The molecule has 0 saturated heterocycles. The summed E-state index contributed by atoms with van der Waals surface area (Å²) in [5.74, 6) is -1.78. The predicted octanol–water partition coefficient (Wildman–Crippen LogP) is 0.447. The van der Waals surface area contributed by atoms with Gasteiger partial charge in [-0.15, -0.1) is 0 Å². The minimum Gasteiger partial charge on any atom is -0.481 e. The first-order valence-electron chi connectivity index (χ1n) is 2.70. The van der Waals surface area contributed by atoms with Gasteiger partial charge in [-0.2, -0.15) is 0 Å². The van der Waals surface area contributed by atoms with E-state index in [4.69, 9.17) is 21.9 Å². The number of carboxylic acid groups (broad SMARTS) is 1. The molecule has 0 bridgehead atoms. The van der Waals surface area contributed by atoms with E-state index in [9.17, 15) is 9.59 Å². The fraction of sp³-hybridized carbons (Fsp3) is 0.400. The molecule has 0 heterocycles. The Morgan fingerprint density at radius 2 is 1.91 bits per heavy atom. The molecule has 0 atom stereocenters. The predicted molar refractivity (Wildman–Crippen MR) is 37.0 cm³/mol. The highest BCUT2D eigenvalue weighted by atomic mass is 35.5. The summed E-state index contributed by atoms with van der Waals surface area (Å²) < 4.78 is 0. The number of ketones is 1. The van der Waals surface area contributed by atoms with Crippen LogP contribution in [0.2, 0.25) is 0 Å². The van der Waals surface area contributed by atoms with Crippen LogP contribution in [0.15, 0.2) is 5.16 Å². The van der Waals surface area contributed by atoms with E-state index in [1.54, 1.807) is 0 Å². The van der Waals surface area contributed by atoms with Gasteiger partial charge in [-0.05, 0) is 0 Å². The van der Waals surface area contributed by atoms with E-state index in [2.05, 4.69) is 5.16 Å². The van der Waals surface area contributed by atoms with Gasteiger partial charge in [0.1, 0.15) is 0 Å². The first-order chi connectivity index (χ1) is 5.07. The molecule has 0 amide bonds. The second kappa shape index (κ2) is 4.68. The van der Waals surface area contributed by atoms with Crippen molar-refractivity contribution in [3.63, 3.8) is 0 Å². The molecule has 0 aromatic heterocycles. The second-order valence-corrected chi connectivity index (χ2v) is 2.07. The molecule has 0 aliphatic heterocycles. The molecule has 0 aliphatic rings. The second-order valence-electron chi connectivity index (χ2n) is 1.71.